The number of hydrogen-bond acceptors (Lipinski definition) is 4. The molecule has 26 heavy (non-hydrogen) atoms. The van der Waals surface area contributed by atoms with Crippen LogP contribution in [0.25, 0.3) is 0 Å². The van der Waals surface area contributed by atoms with Gasteiger partial charge in [0, 0.05) is 24.4 Å². The molecule has 0 spiro atoms. The van der Waals surface area contributed by atoms with Gasteiger partial charge in [0.05, 0.1) is 11.0 Å². The Balaban J connectivity index is 1.71. The van der Waals surface area contributed by atoms with E-state index in [-0.39, 0.29) is 16.9 Å². The van der Waals surface area contributed by atoms with E-state index in [1.165, 1.54) is 12.1 Å². The van der Waals surface area contributed by atoms with Crippen molar-refractivity contribution in [2.24, 2.45) is 0 Å². The summed E-state index contributed by atoms with van der Waals surface area (Å²) >= 11 is 0. The third-order valence-corrected chi connectivity index (χ3v) is 5.57. The molecule has 2 N–H and O–H groups in total. The highest BCUT2D eigenvalue weighted by molar-refractivity contribution is 7.92. The lowest BCUT2D eigenvalue weighted by molar-refractivity contribution is 0.0857. The van der Waals surface area contributed by atoms with Crippen molar-refractivity contribution in [1.82, 2.24) is 5.32 Å². The van der Waals surface area contributed by atoms with Crippen LogP contribution in [0.3, 0.4) is 0 Å². The van der Waals surface area contributed by atoms with Gasteiger partial charge in [0.1, 0.15) is 0 Å². The number of ether oxygens (including phenoxy) is 1. The molecule has 6 nitrogen and oxygen atoms in total. The Morgan fingerprint density at radius 3 is 2.73 bits per heavy atom. The van der Waals surface area contributed by atoms with Crippen LogP contribution in [-0.2, 0) is 14.8 Å². The van der Waals surface area contributed by atoms with Crippen molar-refractivity contribution in [3.8, 4) is 0 Å². The first-order valence-electron chi connectivity index (χ1n) is 8.53. The SMILES string of the molecule is Cc1cccc(NS(=O)(=O)c2cccc(C(=O)NC[C@@H]3CCCO3)c2)c1. The Hall–Kier alpha value is -2.38. The number of hydrogen-bond donors (Lipinski definition) is 2. The minimum atomic E-state index is -3.77. The fourth-order valence-electron chi connectivity index (χ4n) is 2.84. The van der Waals surface area contributed by atoms with E-state index in [4.69, 9.17) is 4.74 Å². The van der Waals surface area contributed by atoms with Gasteiger partial charge in [-0.15, -0.1) is 0 Å². The summed E-state index contributed by atoms with van der Waals surface area (Å²) in [4.78, 5) is 12.3. The molecule has 0 bridgehead atoms. The molecule has 0 unspecified atom stereocenters. The monoisotopic (exact) mass is 374 g/mol. The highest BCUT2D eigenvalue weighted by Crippen LogP contribution is 2.18. The number of anilines is 1. The van der Waals surface area contributed by atoms with Crippen LogP contribution in [0.15, 0.2) is 53.4 Å². The van der Waals surface area contributed by atoms with E-state index in [0.717, 1.165) is 25.0 Å². The van der Waals surface area contributed by atoms with Gasteiger partial charge in [-0.3, -0.25) is 9.52 Å². The maximum atomic E-state index is 12.6. The van der Waals surface area contributed by atoms with Crippen molar-refractivity contribution in [2.75, 3.05) is 17.9 Å². The van der Waals surface area contributed by atoms with Crippen LogP contribution in [0.2, 0.25) is 0 Å². The molecule has 0 radical (unpaired) electrons. The number of nitrogens with one attached hydrogen (secondary N) is 2. The molecule has 2 aromatic carbocycles. The Morgan fingerprint density at radius 2 is 2.00 bits per heavy atom. The Kier molecular flexibility index (Phi) is 5.58. The van der Waals surface area contributed by atoms with E-state index in [1.807, 2.05) is 13.0 Å². The Labute approximate surface area is 153 Å². The van der Waals surface area contributed by atoms with Crippen LogP contribution < -0.4 is 10.0 Å². The van der Waals surface area contributed by atoms with E-state index >= 15 is 0 Å². The maximum absolute atomic E-state index is 12.6. The predicted octanol–water partition coefficient (Wildman–Crippen LogP) is 2.70. The summed E-state index contributed by atoms with van der Waals surface area (Å²) in [6, 6.07) is 13.1. The van der Waals surface area contributed by atoms with Crippen molar-refractivity contribution in [2.45, 2.75) is 30.8 Å². The molecule has 0 saturated carbocycles. The van der Waals surface area contributed by atoms with E-state index in [2.05, 4.69) is 10.0 Å². The van der Waals surface area contributed by atoms with E-state index in [0.29, 0.717) is 17.8 Å². The zero-order chi connectivity index (χ0) is 18.6. The highest BCUT2D eigenvalue weighted by Gasteiger charge is 2.19. The molecule has 138 valence electrons. The van der Waals surface area contributed by atoms with Gasteiger partial charge in [0.15, 0.2) is 0 Å². The molecular weight excluding hydrogens is 352 g/mol. The van der Waals surface area contributed by atoms with Crippen LogP contribution in [0.5, 0.6) is 0 Å². The Bertz CT molecular complexity index is 890. The second-order valence-electron chi connectivity index (χ2n) is 6.35. The number of sulfonamides is 1. The summed E-state index contributed by atoms with van der Waals surface area (Å²) in [5.74, 6) is -0.312. The average Bonchev–Trinajstić information content (AvgIpc) is 3.13. The number of rotatable bonds is 6. The first kappa shape index (κ1) is 18.4. The third-order valence-electron chi connectivity index (χ3n) is 4.19. The summed E-state index contributed by atoms with van der Waals surface area (Å²) in [6.07, 6.45) is 1.96. The fraction of sp³-hybridized carbons (Fsp3) is 0.316. The smallest absolute Gasteiger partial charge is 0.261 e. The molecule has 1 aliphatic rings. The van der Waals surface area contributed by atoms with Crippen LogP contribution in [0.1, 0.15) is 28.8 Å². The molecular formula is C19H22N2O4S. The molecule has 1 fully saturated rings. The summed E-state index contributed by atoms with van der Waals surface area (Å²) in [7, 11) is -3.77. The molecule has 1 amide bonds. The molecule has 7 heteroatoms. The molecule has 3 rings (SSSR count). The first-order valence-corrected chi connectivity index (χ1v) is 10.0. The number of aryl methyl sites for hydroxylation is 1. The second kappa shape index (κ2) is 7.88. The lowest BCUT2D eigenvalue weighted by Crippen LogP contribution is -2.31. The van der Waals surface area contributed by atoms with Gasteiger partial charge in [-0.05, 0) is 55.7 Å². The molecule has 1 aliphatic heterocycles. The number of amides is 1. The van der Waals surface area contributed by atoms with Crippen LogP contribution >= 0.6 is 0 Å². The second-order valence-corrected chi connectivity index (χ2v) is 8.03. The van der Waals surface area contributed by atoms with Crippen LogP contribution in [0.4, 0.5) is 5.69 Å². The summed E-state index contributed by atoms with van der Waals surface area (Å²) < 4.78 is 33.2. The summed E-state index contributed by atoms with van der Waals surface area (Å²) in [5, 5.41) is 2.80. The first-order chi connectivity index (χ1) is 12.4. The largest absolute Gasteiger partial charge is 0.376 e. The lowest BCUT2D eigenvalue weighted by Gasteiger charge is -2.12. The molecule has 2 aromatic rings. The van der Waals surface area contributed by atoms with Crippen molar-refractivity contribution in [3.63, 3.8) is 0 Å². The molecule has 1 atom stereocenters. The third kappa shape index (κ3) is 4.62. The van der Waals surface area contributed by atoms with Gasteiger partial charge in [0.25, 0.3) is 15.9 Å². The summed E-state index contributed by atoms with van der Waals surface area (Å²) in [6.45, 7) is 3.03. The molecule has 0 aromatic heterocycles. The zero-order valence-corrected chi connectivity index (χ0v) is 15.4. The average molecular weight is 374 g/mol. The minimum absolute atomic E-state index is 0.0360. The standard InChI is InChI=1S/C19H22N2O4S/c1-14-5-2-7-16(11-14)21-26(23,24)18-9-3-6-15(12-18)19(22)20-13-17-8-4-10-25-17/h2-3,5-7,9,11-12,17,21H,4,8,10,13H2,1H3,(H,20,22)/t17-/m0/s1. The molecule has 0 aliphatic carbocycles. The van der Waals surface area contributed by atoms with Gasteiger partial charge in [-0.25, -0.2) is 8.42 Å². The van der Waals surface area contributed by atoms with Gasteiger partial charge >= 0.3 is 0 Å². The van der Waals surface area contributed by atoms with Gasteiger partial charge in [-0.2, -0.15) is 0 Å². The maximum Gasteiger partial charge on any atom is 0.261 e. The normalized spacial score (nSPS) is 17.0. The highest BCUT2D eigenvalue weighted by atomic mass is 32.2. The van der Waals surface area contributed by atoms with E-state index < -0.39 is 10.0 Å². The van der Waals surface area contributed by atoms with E-state index in [9.17, 15) is 13.2 Å². The number of benzene rings is 2. The van der Waals surface area contributed by atoms with Gasteiger partial charge in [-0.1, -0.05) is 18.2 Å². The van der Waals surface area contributed by atoms with Crippen molar-refractivity contribution < 1.29 is 17.9 Å². The Morgan fingerprint density at radius 1 is 1.19 bits per heavy atom. The quantitative estimate of drug-likeness (QED) is 0.814. The van der Waals surface area contributed by atoms with Gasteiger partial charge < -0.3 is 10.1 Å². The number of carbonyl (C=O) groups is 1. The number of carbonyl (C=O) groups excluding carboxylic acids is 1. The minimum Gasteiger partial charge on any atom is -0.376 e. The lowest BCUT2D eigenvalue weighted by atomic mass is 10.2. The summed E-state index contributed by atoms with van der Waals surface area (Å²) in [5.41, 5.74) is 1.74. The predicted molar refractivity (Wildman–Crippen MR) is 99.7 cm³/mol. The van der Waals surface area contributed by atoms with Crippen molar-refractivity contribution >= 4 is 21.6 Å². The van der Waals surface area contributed by atoms with E-state index in [1.54, 1.807) is 30.3 Å². The topological polar surface area (TPSA) is 84.5 Å². The zero-order valence-electron chi connectivity index (χ0n) is 14.6. The van der Waals surface area contributed by atoms with Crippen molar-refractivity contribution in [1.29, 1.82) is 0 Å². The fourth-order valence-corrected chi connectivity index (χ4v) is 3.94. The molecule has 1 heterocycles. The van der Waals surface area contributed by atoms with Crippen molar-refractivity contribution in [3.05, 3.63) is 59.7 Å². The van der Waals surface area contributed by atoms with Crippen LogP contribution in [-0.4, -0.2) is 33.6 Å². The van der Waals surface area contributed by atoms with Gasteiger partial charge in [0.2, 0.25) is 0 Å². The van der Waals surface area contributed by atoms with Crippen LogP contribution in [0, 0.1) is 6.92 Å². The molecule has 1 saturated heterocycles.